The predicted octanol–water partition coefficient (Wildman–Crippen LogP) is 2.43. The van der Waals surface area contributed by atoms with Crippen LogP contribution in [0.25, 0.3) is 11.1 Å². The van der Waals surface area contributed by atoms with Crippen molar-refractivity contribution in [3.63, 3.8) is 0 Å². The average molecular weight is 428 g/mol. The largest absolute Gasteiger partial charge is 0.431 e. The molecule has 0 aliphatic carbocycles. The molecule has 1 aromatic carbocycles. The number of nitrogens with one attached hydrogen (secondary N) is 2. The second kappa shape index (κ2) is 9.26. The number of hydrazine groups is 1. The van der Waals surface area contributed by atoms with Crippen LogP contribution in [0.4, 0.5) is 0 Å². The van der Waals surface area contributed by atoms with Crippen LogP contribution in [-0.2, 0) is 9.59 Å². The number of amides is 2. The summed E-state index contributed by atoms with van der Waals surface area (Å²) in [4.78, 5) is 32.0. The third kappa shape index (κ3) is 5.37. The molecule has 8 nitrogen and oxygen atoms in total. The molecule has 2 aromatic heterocycles. The smallest absolute Gasteiger partial charge is 0.257 e. The van der Waals surface area contributed by atoms with Crippen molar-refractivity contribution in [2.45, 2.75) is 14.7 Å². The Balaban J connectivity index is 1.37. The van der Waals surface area contributed by atoms with Crippen LogP contribution in [0.1, 0.15) is 0 Å². The number of fused-ring (bicyclic) bond motifs is 1. The summed E-state index contributed by atoms with van der Waals surface area (Å²) in [6.45, 7) is 0. The molecule has 0 saturated carbocycles. The fraction of sp³-hybridized carbons (Fsp3) is 0.214. The highest BCUT2D eigenvalue weighted by Gasteiger charge is 2.11. The lowest BCUT2D eigenvalue weighted by atomic mass is 10.3. The van der Waals surface area contributed by atoms with Crippen molar-refractivity contribution in [1.82, 2.24) is 25.2 Å². The van der Waals surface area contributed by atoms with Crippen molar-refractivity contribution in [2.75, 3.05) is 17.8 Å². The zero-order chi connectivity index (χ0) is 18.4. The van der Waals surface area contributed by atoms with Gasteiger partial charge in [0.05, 0.1) is 11.5 Å². The maximum atomic E-state index is 11.8. The van der Waals surface area contributed by atoms with Gasteiger partial charge in [0, 0.05) is 0 Å². The summed E-state index contributed by atoms with van der Waals surface area (Å²) in [5.74, 6) is -0.456. The van der Waals surface area contributed by atoms with E-state index in [1.165, 1.54) is 35.1 Å². The van der Waals surface area contributed by atoms with E-state index in [2.05, 4.69) is 25.2 Å². The number of carbonyl (C=O) groups is 2. The molecule has 0 fully saturated rings. The molecule has 2 amide bonds. The van der Waals surface area contributed by atoms with Gasteiger partial charge < -0.3 is 4.42 Å². The minimum atomic E-state index is -0.351. The number of hydrogen-bond acceptors (Lipinski definition) is 10. The lowest BCUT2D eigenvalue weighted by Gasteiger charge is -2.05. The Kier molecular flexibility index (Phi) is 6.77. The van der Waals surface area contributed by atoms with Crippen molar-refractivity contribution < 1.29 is 14.0 Å². The van der Waals surface area contributed by atoms with E-state index in [0.29, 0.717) is 20.3 Å². The van der Waals surface area contributed by atoms with Crippen LogP contribution < -0.4 is 10.9 Å². The van der Waals surface area contributed by atoms with Gasteiger partial charge in [-0.2, -0.15) is 4.37 Å². The number of oxazole rings is 1. The molecular formula is C14H13N5O3S4. The number of carbonyl (C=O) groups excluding carboxylic acids is 2. The summed E-state index contributed by atoms with van der Waals surface area (Å²) in [5, 5.41) is 1.09. The van der Waals surface area contributed by atoms with Crippen LogP contribution in [0.3, 0.4) is 0 Å². The summed E-state index contributed by atoms with van der Waals surface area (Å²) in [6, 6.07) is 7.36. The number of rotatable bonds is 7. The van der Waals surface area contributed by atoms with Gasteiger partial charge in [-0.05, 0) is 29.9 Å². The molecule has 12 heteroatoms. The van der Waals surface area contributed by atoms with Gasteiger partial charge in [-0.25, -0.2) is 9.97 Å². The molecule has 0 atom stereocenters. The first kappa shape index (κ1) is 19.0. The highest BCUT2D eigenvalue weighted by Crippen LogP contribution is 2.23. The summed E-state index contributed by atoms with van der Waals surface area (Å²) >= 11 is 5.11. The standard InChI is InChI=1S/C14H13N5O3S4/c1-23-12-16-14(26-19-12)25-7-11(21)18-17-10(20)6-24-13-15-8-4-2-3-5-9(8)22-13/h2-5H,6-7H2,1H3,(H,17,20)(H,18,21). The molecule has 0 aliphatic rings. The van der Waals surface area contributed by atoms with Gasteiger partial charge in [-0.15, -0.1) is 0 Å². The second-order valence-corrected chi connectivity index (χ2v) is 8.34. The van der Waals surface area contributed by atoms with E-state index in [1.807, 2.05) is 30.5 Å². The van der Waals surface area contributed by atoms with Crippen molar-refractivity contribution in [2.24, 2.45) is 0 Å². The molecule has 2 heterocycles. The van der Waals surface area contributed by atoms with Crippen LogP contribution in [0.15, 0.2) is 43.4 Å². The molecule has 0 bridgehead atoms. The third-order valence-corrected chi connectivity index (χ3v) is 6.17. The van der Waals surface area contributed by atoms with Crippen LogP contribution in [0.2, 0.25) is 0 Å². The van der Waals surface area contributed by atoms with Gasteiger partial charge in [0.1, 0.15) is 5.52 Å². The minimum Gasteiger partial charge on any atom is -0.431 e. The fourth-order valence-electron chi connectivity index (χ4n) is 1.72. The Morgan fingerprint density at radius 2 is 1.85 bits per heavy atom. The zero-order valence-electron chi connectivity index (χ0n) is 13.4. The summed E-state index contributed by atoms with van der Waals surface area (Å²) < 4.78 is 10.3. The number of thioether (sulfide) groups is 3. The maximum absolute atomic E-state index is 11.8. The van der Waals surface area contributed by atoms with E-state index in [1.54, 1.807) is 0 Å². The lowest BCUT2D eigenvalue weighted by Crippen LogP contribution is -2.43. The quantitative estimate of drug-likeness (QED) is 0.434. The van der Waals surface area contributed by atoms with E-state index in [0.717, 1.165) is 17.3 Å². The Morgan fingerprint density at radius 1 is 1.12 bits per heavy atom. The number of para-hydroxylation sites is 2. The predicted molar refractivity (Wildman–Crippen MR) is 103 cm³/mol. The van der Waals surface area contributed by atoms with Crippen LogP contribution in [0, 0.1) is 0 Å². The summed E-state index contributed by atoms with van der Waals surface area (Å²) in [6.07, 6.45) is 1.89. The Bertz CT molecular complexity index is 880. The van der Waals surface area contributed by atoms with Gasteiger partial charge in [0.15, 0.2) is 9.92 Å². The van der Waals surface area contributed by atoms with Crippen molar-refractivity contribution in [3.8, 4) is 0 Å². The molecular weight excluding hydrogens is 414 g/mol. The first-order chi connectivity index (χ1) is 12.6. The van der Waals surface area contributed by atoms with E-state index in [4.69, 9.17) is 4.42 Å². The molecule has 136 valence electrons. The van der Waals surface area contributed by atoms with Crippen LogP contribution in [-0.4, -0.2) is 43.9 Å². The first-order valence-corrected chi connectivity index (χ1v) is 11.2. The van der Waals surface area contributed by atoms with Gasteiger partial charge >= 0.3 is 0 Å². The van der Waals surface area contributed by atoms with Crippen LogP contribution in [0.5, 0.6) is 0 Å². The zero-order valence-corrected chi connectivity index (χ0v) is 16.7. The molecule has 0 radical (unpaired) electrons. The van der Waals surface area contributed by atoms with E-state index in [9.17, 15) is 9.59 Å². The number of nitrogens with zero attached hydrogens (tertiary/aromatic N) is 3. The number of benzene rings is 1. The highest BCUT2D eigenvalue weighted by molar-refractivity contribution is 8.01. The SMILES string of the molecule is CSc1nsc(SCC(=O)NNC(=O)CSc2nc3ccccc3o2)n1. The average Bonchev–Trinajstić information content (AvgIpc) is 3.29. The van der Waals surface area contributed by atoms with Crippen molar-refractivity contribution >= 4 is 69.7 Å². The maximum Gasteiger partial charge on any atom is 0.257 e. The molecule has 0 unspecified atom stereocenters. The Hall–Kier alpha value is -1.76. The first-order valence-electron chi connectivity index (χ1n) is 7.20. The van der Waals surface area contributed by atoms with Gasteiger partial charge in [0.2, 0.25) is 17.0 Å². The van der Waals surface area contributed by atoms with E-state index < -0.39 is 0 Å². The molecule has 0 aliphatic heterocycles. The third-order valence-electron chi connectivity index (χ3n) is 2.84. The van der Waals surface area contributed by atoms with Gasteiger partial charge in [-0.3, -0.25) is 20.4 Å². The second-order valence-electron chi connectivity index (χ2n) is 4.67. The van der Waals surface area contributed by atoms with Crippen molar-refractivity contribution in [3.05, 3.63) is 24.3 Å². The van der Waals surface area contributed by atoms with E-state index in [-0.39, 0.29) is 23.3 Å². The molecule has 3 aromatic rings. The monoisotopic (exact) mass is 427 g/mol. The summed E-state index contributed by atoms with van der Waals surface area (Å²) in [7, 11) is 0. The van der Waals surface area contributed by atoms with Gasteiger partial charge in [0.25, 0.3) is 5.22 Å². The highest BCUT2D eigenvalue weighted by atomic mass is 32.2. The molecule has 26 heavy (non-hydrogen) atoms. The lowest BCUT2D eigenvalue weighted by molar-refractivity contribution is -0.126. The van der Waals surface area contributed by atoms with Crippen LogP contribution >= 0.6 is 46.8 Å². The normalized spacial score (nSPS) is 10.8. The molecule has 0 saturated heterocycles. The topological polar surface area (TPSA) is 110 Å². The number of hydrogen-bond donors (Lipinski definition) is 2. The van der Waals surface area contributed by atoms with Gasteiger partial charge in [-0.1, -0.05) is 47.4 Å². The Morgan fingerprint density at radius 3 is 2.54 bits per heavy atom. The van der Waals surface area contributed by atoms with E-state index >= 15 is 0 Å². The van der Waals surface area contributed by atoms with Crippen molar-refractivity contribution in [1.29, 1.82) is 0 Å². The molecule has 3 rings (SSSR count). The minimum absolute atomic E-state index is 0.0771. The molecule has 2 N–H and O–H groups in total. The fourth-order valence-corrected chi connectivity index (χ4v) is 4.37. The summed E-state index contributed by atoms with van der Waals surface area (Å²) in [5.41, 5.74) is 6.13. The number of aromatic nitrogens is 3. The Labute approximate surface area is 165 Å². The molecule has 0 spiro atoms.